The smallest absolute Gasteiger partial charge is 0.325 e. The summed E-state index contributed by atoms with van der Waals surface area (Å²) in [5, 5.41) is 2.45. The lowest BCUT2D eigenvalue weighted by molar-refractivity contribution is -0.140. The van der Waals surface area contributed by atoms with Gasteiger partial charge in [-0.2, -0.15) is 0 Å². The van der Waals surface area contributed by atoms with Gasteiger partial charge in [0, 0.05) is 5.57 Å². The van der Waals surface area contributed by atoms with Crippen molar-refractivity contribution < 1.29 is 14.3 Å². The molecule has 0 aromatic heterocycles. The molecule has 0 spiro atoms. The molecule has 0 fully saturated rings. The highest BCUT2D eigenvalue weighted by Crippen LogP contribution is 2.09. The number of carbonyl (C=O) groups is 2. The second kappa shape index (κ2) is 4.45. The molecule has 0 aromatic rings. The highest BCUT2D eigenvalue weighted by molar-refractivity contribution is 5.96. The predicted octanol–water partition coefficient (Wildman–Crippen LogP) is 0.162. The zero-order chi connectivity index (χ0) is 9.68. The molecule has 0 unspecified atom stereocenters. The van der Waals surface area contributed by atoms with Gasteiger partial charge < -0.3 is 10.1 Å². The topological polar surface area (TPSA) is 55.4 Å². The number of methoxy groups -OCH3 is 1. The predicted molar refractivity (Wildman–Crippen MR) is 46.9 cm³/mol. The monoisotopic (exact) mass is 181 g/mol. The molecular formula is C9H11NO3. The van der Waals surface area contributed by atoms with Crippen molar-refractivity contribution in [3.8, 4) is 0 Å². The van der Waals surface area contributed by atoms with Crippen LogP contribution in [-0.2, 0) is 14.3 Å². The first-order chi connectivity index (χ1) is 6.24. The molecule has 0 saturated carbocycles. The van der Waals surface area contributed by atoms with Gasteiger partial charge in [-0.3, -0.25) is 9.59 Å². The molecule has 1 amide bonds. The van der Waals surface area contributed by atoms with Crippen molar-refractivity contribution in [2.75, 3.05) is 13.7 Å². The number of hydrogen-bond acceptors (Lipinski definition) is 3. The third-order valence-electron chi connectivity index (χ3n) is 1.68. The number of rotatable bonds is 3. The Bertz CT molecular complexity index is 279. The molecule has 0 atom stereocenters. The van der Waals surface area contributed by atoms with E-state index < -0.39 is 5.97 Å². The van der Waals surface area contributed by atoms with Crippen molar-refractivity contribution in [3.63, 3.8) is 0 Å². The molecule has 4 nitrogen and oxygen atoms in total. The molecule has 0 bridgehead atoms. The van der Waals surface area contributed by atoms with Crippen molar-refractivity contribution in [1.29, 1.82) is 0 Å². The van der Waals surface area contributed by atoms with Gasteiger partial charge in [0.15, 0.2) is 0 Å². The summed E-state index contributed by atoms with van der Waals surface area (Å²) in [4.78, 5) is 21.9. The molecule has 70 valence electrons. The maximum absolute atomic E-state index is 11.2. The van der Waals surface area contributed by atoms with Gasteiger partial charge in [0.1, 0.15) is 6.54 Å². The van der Waals surface area contributed by atoms with E-state index in [9.17, 15) is 9.59 Å². The van der Waals surface area contributed by atoms with E-state index in [4.69, 9.17) is 0 Å². The van der Waals surface area contributed by atoms with Gasteiger partial charge in [0.25, 0.3) is 0 Å². The first-order valence-electron chi connectivity index (χ1n) is 3.94. The quantitative estimate of drug-likeness (QED) is 0.631. The number of hydrogen-bond donors (Lipinski definition) is 1. The molecule has 0 radical (unpaired) electrons. The molecule has 0 saturated heterocycles. The first kappa shape index (κ1) is 9.51. The lowest BCUT2D eigenvalue weighted by Crippen LogP contribution is -2.30. The van der Waals surface area contributed by atoms with Gasteiger partial charge >= 0.3 is 5.97 Å². The minimum Gasteiger partial charge on any atom is -0.468 e. The largest absolute Gasteiger partial charge is 0.468 e. The molecule has 0 aromatic carbocycles. The lowest BCUT2D eigenvalue weighted by Gasteiger charge is -2.03. The highest BCUT2D eigenvalue weighted by atomic mass is 16.5. The van der Waals surface area contributed by atoms with Gasteiger partial charge in [0.2, 0.25) is 5.91 Å². The average molecular weight is 181 g/mol. The first-order valence-corrected chi connectivity index (χ1v) is 3.94. The van der Waals surface area contributed by atoms with Crippen LogP contribution in [0.1, 0.15) is 6.42 Å². The number of ether oxygens (including phenoxy) is 1. The summed E-state index contributed by atoms with van der Waals surface area (Å²) < 4.78 is 4.37. The Morgan fingerprint density at radius 3 is 2.92 bits per heavy atom. The Balaban J connectivity index is 2.30. The van der Waals surface area contributed by atoms with Crippen LogP contribution in [0.25, 0.3) is 0 Å². The number of nitrogens with one attached hydrogen (secondary N) is 1. The fourth-order valence-corrected chi connectivity index (χ4v) is 0.954. The summed E-state index contributed by atoms with van der Waals surface area (Å²) in [6.45, 7) is -0.0767. The van der Waals surface area contributed by atoms with Gasteiger partial charge in [0.05, 0.1) is 7.11 Å². The third-order valence-corrected chi connectivity index (χ3v) is 1.68. The SMILES string of the molecule is COC(=O)CNC(=O)C1=CC=CC1. The number of amides is 1. The number of allylic oxidation sites excluding steroid dienone is 3. The van der Waals surface area contributed by atoms with Crippen molar-refractivity contribution >= 4 is 11.9 Å². The van der Waals surface area contributed by atoms with Crippen LogP contribution in [0.15, 0.2) is 23.8 Å². The van der Waals surface area contributed by atoms with Gasteiger partial charge in [-0.05, 0) is 6.42 Å². The van der Waals surface area contributed by atoms with Crippen LogP contribution in [0.4, 0.5) is 0 Å². The Labute approximate surface area is 76.3 Å². The van der Waals surface area contributed by atoms with Crippen molar-refractivity contribution in [2.45, 2.75) is 6.42 Å². The maximum atomic E-state index is 11.2. The van der Waals surface area contributed by atoms with Crippen LogP contribution in [0, 0.1) is 0 Å². The Morgan fingerprint density at radius 2 is 2.38 bits per heavy atom. The standard InChI is InChI=1S/C9H11NO3/c1-13-8(11)6-10-9(12)7-4-2-3-5-7/h2-4H,5-6H2,1H3,(H,10,12). The fourth-order valence-electron chi connectivity index (χ4n) is 0.954. The van der Waals surface area contributed by atoms with Crippen LogP contribution < -0.4 is 5.32 Å². The normalized spacial score (nSPS) is 13.8. The van der Waals surface area contributed by atoms with Crippen molar-refractivity contribution in [3.05, 3.63) is 23.8 Å². The van der Waals surface area contributed by atoms with Gasteiger partial charge in [-0.1, -0.05) is 18.2 Å². The number of esters is 1. The van der Waals surface area contributed by atoms with Crippen molar-refractivity contribution in [1.82, 2.24) is 5.32 Å². The highest BCUT2D eigenvalue weighted by Gasteiger charge is 2.10. The van der Waals surface area contributed by atoms with Crippen LogP contribution >= 0.6 is 0 Å². The zero-order valence-corrected chi connectivity index (χ0v) is 7.37. The summed E-state index contributed by atoms with van der Waals surface area (Å²) in [6.07, 6.45) is 6.06. The average Bonchev–Trinajstić information content (AvgIpc) is 2.66. The summed E-state index contributed by atoms with van der Waals surface area (Å²) >= 11 is 0. The summed E-state index contributed by atoms with van der Waals surface area (Å²) in [7, 11) is 1.28. The van der Waals surface area contributed by atoms with E-state index in [0.29, 0.717) is 12.0 Å². The van der Waals surface area contributed by atoms with Crippen LogP contribution in [-0.4, -0.2) is 25.5 Å². The fraction of sp³-hybridized carbons (Fsp3) is 0.333. The molecule has 1 N–H and O–H groups in total. The minimum atomic E-state index is -0.445. The molecule has 0 aliphatic heterocycles. The zero-order valence-electron chi connectivity index (χ0n) is 7.37. The minimum absolute atomic E-state index is 0.0767. The van der Waals surface area contributed by atoms with Gasteiger partial charge in [-0.15, -0.1) is 0 Å². The Morgan fingerprint density at radius 1 is 1.62 bits per heavy atom. The maximum Gasteiger partial charge on any atom is 0.325 e. The second-order valence-electron chi connectivity index (χ2n) is 2.58. The molecule has 13 heavy (non-hydrogen) atoms. The van der Waals surface area contributed by atoms with Gasteiger partial charge in [-0.25, -0.2) is 0 Å². The summed E-state index contributed by atoms with van der Waals surface area (Å²) in [6, 6.07) is 0. The van der Waals surface area contributed by atoms with Crippen molar-refractivity contribution in [2.24, 2.45) is 0 Å². The molecule has 1 rings (SSSR count). The van der Waals surface area contributed by atoms with E-state index in [1.807, 2.05) is 12.2 Å². The van der Waals surface area contributed by atoms with Crippen LogP contribution in [0.3, 0.4) is 0 Å². The van der Waals surface area contributed by atoms with Crippen LogP contribution in [0.5, 0.6) is 0 Å². The summed E-state index contributed by atoms with van der Waals surface area (Å²) in [5.41, 5.74) is 0.670. The lowest BCUT2D eigenvalue weighted by atomic mass is 10.2. The van der Waals surface area contributed by atoms with E-state index >= 15 is 0 Å². The molecule has 0 heterocycles. The second-order valence-corrected chi connectivity index (χ2v) is 2.58. The van der Waals surface area contributed by atoms with E-state index in [-0.39, 0.29) is 12.5 Å². The molecule has 1 aliphatic carbocycles. The molecule has 1 aliphatic rings. The summed E-state index contributed by atoms with van der Waals surface area (Å²) in [5.74, 6) is -0.657. The third kappa shape index (κ3) is 2.74. The van der Waals surface area contributed by atoms with E-state index in [2.05, 4.69) is 10.1 Å². The number of carbonyl (C=O) groups excluding carboxylic acids is 2. The van der Waals surface area contributed by atoms with E-state index in [1.54, 1.807) is 6.08 Å². The van der Waals surface area contributed by atoms with E-state index in [0.717, 1.165) is 0 Å². The Hall–Kier alpha value is -1.58. The van der Waals surface area contributed by atoms with E-state index in [1.165, 1.54) is 7.11 Å². The molecule has 4 heteroatoms. The van der Waals surface area contributed by atoms with Crippen LogP contribution in [0.2, 0.25) is 0 Å². The Kier molecular flexibility index (Phi) is 3.25. The molecular weight excluding hydrogens is 170 g/mol.